The van der Waals surface area contributed by atoms with E-state index in [9.17, 15) is 18.4 Å². The number of pyridine rings is 1. The lowest BCUT2D eigenvalue weighted by Gasteiger charge is -2.25. The van der Waals surface area contributed by atoms with Crippen LogP contribution in [-0.2, 0) is 12.0 Å². The summed E-state index contributed by atoms with van der Waals surface area (Å²) < 4.78 is 25.3. The van der Waals surface area contributed by atoms with Crippen molar-refractivity contribution in [2.75, 3.05) is 11.4 Å². The minimum Gasteiger partial charge on any atom is -0.478 e. The van der Waals surface area contributed by atoms with Gasteiger partial charge in [0.25, 0.3) is 5.91 Å². The van der Waals surface area contributed by atoms with E-state index in [0.29, 0.717) is 5.56 Å². The summed E-state index contributed by atoms with van der Waals surface area (Å²) in [5.41, 5.74) is 3.96. The standard InChI is InChI=1S/C24H24FN5O.C7H5FO2/c1-16-14-26-15-22(27-16)30-13-3-2-4-19-20(30)9-10-21(28-19)24(11-12-24)29-23(31)17-5-7-18(25)8-6-17;8-6-3-1-5(2-4-6)7(9)10/h5-10,14-15H,2-4,11-13H2,1H3,(H,29,31);1-4H,(H,9,10). The number of rotatable bonds is 5. The molecule has 0 unspecified atom stereocenters. The molecule has 0 atom stereocenters. The molecule has 2 aromatic heterocycles. The van der Waals surface area contributed by atoms with E-state index in [1.807, 2.05) is 13.0 Å². The first-order chi connectivity index (χ1) is 19.7. The van der Waals surface area contributed by atoms with E-state index in [-0.39, 0.29) is 17.3 Å². The molecule has 0 bridgehead atoms. The first-order valence-electron chi connectivity index (χ1n) is 13.4. The van der Waals surface area contributed by atoms with E-state index in [4.69, 9.17) is 10.1 Å². The number of carbonyl (C=O) groups excluding carboxylic acids is 1. The van der Waals surface area contributed by atoms with Gasteiger partial charge in [-0.2, -0.15) is 0 Å². The Labute approximate surface area is 236 Å². The molecule has 1 amide bonds. The number of hydrogen-bond donors (Lipinski definition) is 2. The highest BCUT2D eigenvalue weighted by atomic mass is 19.1. The number of carbonyl (C=O) groups is 2. The maximum atomic E-state index is 13.2. The van der Waals surface area contributed by atoms with Gasteiger partial charge < -0.3 is 15.3 Å². The van der Waals surface area contributed by atoms with Gasteiger partial charge in [-0.3, -0.25) is 14.8 Å². The molecule has 1 fully saturated rings. The van der Waals surface area contributed by atoms with Gasteiger partial charge in [0.05, 0.1) is 40.1 Å². The lowest BCUT2D eigenvalue weighted by atomic mass is 10.1. The molecule has 2 aliphatic rings. The number of nitrogens with zero attached hydrogens (tertiary/aromatic N) is 4. The van der Waals surface area contributed by atoms with Gasteiger partial charge in [0.2, 0.25) is 0 Å². The highest BCUT2D eigenvalue weighted by molar-refractivity contribution is 5.95. The normalized spacial score (nSPS) is 15.0. The molecule has 3 heterocycles. The Hall–Kier alpha value is -4.73. The Bertz CT molecular complexity index is 1560. The summed E-state index contributed by atoms with van der Waals surface area (Å²) in [5.74, 6) is -1.19. The molecule has 0 spiro atoms. The number of aromatic nitrogens is 3. The monoisotopic (exact) mass is 557 g/mol. The predicted molar refractivity (Wildman–Crippen MR) is 149 cm³/mol. The number of aromatic carboxylic acids is 1. The molecule has 1 aliphatic carbocycles. The first kappa shape index (κ1) is 27.8. The highest BCUT2D eigenvalue weighted by Crippen LogP contribution is 2.46. The van der Waals surface area contributed by atoms with Crippen LogP contribution in [-0.4, -0.2) is 38.5 Å². The highest BCUT2D eigenvalue weighted by Gasteiger charge is 2.47. The Morgan fingerprint density at radius 1 is 0.878 bits per heavy atom. The van der Waals surface area contributed by atoms with Gasteiger partial charge in [0.15, 0.2) is 5.82 Å². The van der Waals surface area contributed by atoms with Crippen molar-refractivity contribution in [3.8, 4) is 0 Å². The molecule has 1 aliphatic heterocycles. The fraction of sp³-hybridized carbons (Fsp3) is 0.258. The average molecular weight is 558 g/mol. The van der Waals surface area contributed by atoms with Crippen LogP contribution in [0, 0.1) is 18.6 Å². The smallest absolute Gasteiger partial charge is 0.335 e. The van der Waals surface area contributed by atoms with Crippen LogP contribution in [0.25, 0.3) is 0 Å². The average Bonchev–Trinajstić information content (AvgIpc) is 3.77. The largest absolute Gasteiger partial charge is 0.478 e. The van der Waals surface area contributed by atoms with Gasteiger partial charge in [-0.15, -0.1) is 0 Å². The van der Waals surface area contributed by atoms with Crippen molar-refractivity contribution in [2.24, 2.45) is 0 Å². The van der Waals surface area contributed by atoms with Gasteiger partial charge in [0.1, 0.15) is 11.6 Å². The topological polar surface area (TPSA) is 108 Å². The minimum absolute atomic E-state index is 0.0985. The predicted octanol–water partition coefficient (Wildman–Crippen LogP) is 5.74. The lowest BCUT2D eigenvalue weighted by Crippen LogP contribution is -2.35. The van der Waals surface area contributed by atoms with Gasteiger partial charge in [-0.1, -0.05) is 0 Å². The van der Waals surface area contributed by atoms with Crippen LogP contribution in [0.2, 0.25) is 0 Å². The molecule has 8 nitrogen and oxygen atoms in total. The van der Waals surface area contributed by atoms with Crippen LogP contribution in [0.3, 0.4) is 0 Å². The number of fused-ring (bicyclic) bond motifs is 1. The molecule has 10 heteroatoms. The molecular weight excluding hydrogens is 528 g/mol. The maximum Gasteiger partial charge on any atom is 0.335 e. The van der Waals surface area contributed by atoms with Gasteiger partial charge in [0, 0.05) is 18.3 Å². The summed E-state index contributed by atoms with van der Waals surface area (Å²) in [6.45, 7) is 2.82. The number of carboxylic acid groups (broad SMARTS) is 1. The SMILES string of the molecule is Cc1cncc(N2CCCCc3nc(C4(NC(=O)c5ccc(F)cc5)CC4)ccc32)n1.O=C(O)c1ccc(F)cc1. The summed E-state index contributed by atoms with van der Waals surface area (Å²) in [5, 5.41) is 11.5. The fourth-order valence-electron chi connectivity index (χ4n) is 4.74. The summed E-state index contributed by atoms with van der Waals surface area (Å²) >= 11 is 0. The number of benzene rings is 2. The van der Waals surface area contributed by atoms with Gasteiger partial charge in [-0.05, 0) is 99.7 Å². The van der Waals surface area contributed by atoms with E-state index in [1.54, 1.807) is 12.4 Å². The third-order valence-electron chi connectivity index (χ3n) is 7.10. The summed E-state index contributed by atoms with van der Waals surface area (Å²) in [6, 6.07) is 14.4. The third kappa shape index (κ3) is 6.54. The number of amides is 1. The minimum atomic E-state index is -1.04. The summed E-state index contributed by atoms with van der Waals surface area (Å²) in [6.07, 6.45) is 8.23. The third-order valence-corrected chi connectivity index (χ3v) is 7.10. The van der Waals surface area contributed by atoms with Crippen molar-refractivity contribution in [1.29, 1.82) is 0 Å². The van der Waals surface area contributed by atoms with Crippen molar-refractivity contribution < 1.29 is 23.5 Å². The zero-order valence-corrected chi connectivity index (χ0v) is 22.5. The molecule has 4 aromatic rings. The molecule has 6 rings (SSSR count). The molecule has 210 valence electrons. The van der Waals surface area contributed by atoms with Crippen LogP contribution < -0.4 is 10.2 Å². The molecule has 41 heavy (non-hydrogen) atoms. The van der Waals surface area contributed by atoms with E-state index >= 15 is 0 Å². The zero-order valence-electron chi connectivity index (χ0n) is 22.5. The second kappa shape index (κ2) is 11.8. The molecular formula is C31H29F2N5O3. The van der Waals surface area contributed by atoms with Crippen molar-refractivity contribution in [1.82, 2.24) is 20.3 Å². The van der Waals surface area contributed by atoms with Gasteiger partial charge >= 0.3 is 5.97 Å². The molecule has 2 N–H and O–H groups in total. The number of aryl methyl sites for hydroxylation is 2. The summed E-state index contributed by atoms with van der Waals surface area (Å²) in [7, 11) is 0. The zero-order chi connectivity index (χ0) is 29.0. The Morgan fingerprint density at radius 3 is 2.15 bits per heavy atom. The number of nitrogens with one attached hydrogen (secondary N) is 1. The van der Waals surface area contributed by atoms with E-state index in [1.165, 1.54) is 36.4 Å². The molecule has 0 radical (unpaired) electrons. The Morgan fingerprint density at radius 2 is 1.54 bits per heavy atom. The number of halogens is 2. The van der Waals surface area contributed by atoms with Crippen LogP contribution in [0.1, 0.15) is 63.5 Å². The van der Waals surface area contributed by atoms with Crippen molar-refractivity contribution >= 4 is 23.4 Å². The second-order valence-corrected chi connectivity index (χ2v) is 10.1. The lowest BCUT2D eigenvalue weighted by molar-refractivity contribution is 0.0696. The number of anilines is 2. The van der Waals surface area contributed by atoms with Crippen molar-refractivity contribution in [3.63, 3.8) is 0 Å². The fourth-order valence-corrected chi connectivity index (χ4v) is 4.74. The van der Waals surface area contributed by atoms with Crippen LogP contribution >= 0.6 is 0 Å². The van der Waals surface area contributed by atoms with E-state index < -0.39 is 17.3 Å². The van der Waals surface area contributed by atoms with Crippen LogP contribution in [0.15, 0.2) is 73.1 Å². The summed E-state index contributed by atoms with van der Waals surface area (Å²) in [4.78, 5) is 39.0. The van der Waals surface area contributed by atoms with E-state index in [2.05, 4.69) is 26.3 Å². The van der Waals surface area contributed by atoms with Crippen LogP contribution in [0.4, 0.5) is 20.3 Å². The van der Waals surface area contributed by atoms with Crippen molar-refractivity contribution in [2.45, 2.75) is 44.6 Å². The number of carboxylic acids is 1. The number of hydrogen-bond acceptors (Lipinski definition) is 6. The molecule has 2 aromatic carbocycles. The van der Waals surface area contributed by atoms with Crippen molar-refractivity contribution in [3.05, 3.63) is 113 Å². The second-order valence-electron chi connectivity index (χ2n) is 10.1. The Kier molecular flexibility index (Phi) is 8.00. The van der Waals surface area contributed by atoms with Crippen LogP contribution in [0.5, 0.6) is 0 Å². The molecule has 1 saturated carbocycles. The molecule has 0 saturated heterocycles. The quantitative estimate of drug-likeness (QED) is 0.322. The van der Waals surface area contributed by atoms with Gasteiger partial charge in [-0.25, -0.2) is 18.6 Å². The van der Waals surface area contributed by atoms with E-state index in [0.717, 1.165) is 79.4 Å². The first-order valence-corrected chi connectivity index (χ1v) is 13.4. The Balaban J connectivity index is 0.000000287. The maximum absolute atomic E-state index is 13.2.